The number of nitro benzene ring substituents is 1. The van der Waals surface area contributed by atoms with E-state index in [2.05, 4.69) is 14.9 Å². The van der Waals surface area contributed by atoms with Gasteiger partial charge in [-0.2, -0.15) is 0 Å². The molecule has 0 fully saturated rings. The number of nitrogens with one attached hydrogen (secondary N) is 1. The Balaban J connectivity index is 1.45. The summed E-state index contributed by atoms with van der Waals surface area (Å²) in [6, 6.07) is 16.0. The zero-order valence-corrected chi connectivity index (χ0v) is 14.7. The first kappa shape index (κ1) is 18.3. The second-order valence-corrected chi connectivity index (χ2v) is 6.11. The maximum absolute atomic E-state index is 12.0. The van der Waals surface area contributed by atoms with Crippen molar-refractivity contribution in [1.29, 1.82) is 0 Å². The van der Waals surface area contributed by atoms with Crippen LogP contribution in [0.15, 0.2) is 67.0 Å². The molecule has 1 heterocycles. The molecule has 0 bridgehead atoms. The zero-order valence-electron chi connectivity index (χ0n) is 14.7. The molecule has 0 aliphatic carbocycles. The van der Waals surface area contributed by atoms with E-state index in [4.69, 9.17) is 0 Å². The van der Waals surface area contributed by atoms with E-state index >= 15 is 0 Å². The quantitative estimate of drug-likeness (QED) is 0.377. The number of rotatable bonds is 8. The summed E-state index contributed by atoms with van der Waals surface area (Å²) < 4.78 is 2.07. The number of nitro groups is 1. The van der Waals surface area contributed by atoms with E-state index < -0.39 is 4.92 Å². The van der Waals surface area contributed by atoms with Crippen LogP contribution in [0.3, 0.4) is 0 Å². The number of carbonyl (C=O) groups excluding carboxylic acids is 1. The number of imidazole rings is 1. The second-order valence-electron chi connectivity index (χ2n) is 6.11. The first-order valence-electron chi connectivity index (χ1n) is 8.70. The Morgan fingerprint density at radius 2 is 1.85 bits per heavy atom. The molecule has 1 amide bonds. The SMILES string of the molecule is O=C(Cc1ccc([N+](=O)[O-])cc1)NCCCn1ccnc1-c1ccccc1. The Morgan fingerprint density at radius 3 is 2.56 bits per heavy atom. The minimum Gasteiger partial charge on any atom is -0.356 e. The number of benzene rings is 2. The molecule has 2 aromatic carbocycles. The van der Waals surface area contributed by atoms with E-state index in [0.717, 1.165) is 29.9 Å². The monoisotopic (exact) mass is 364 g/mol. The molecule has 27 heavy (non-hydrogen) atoms. The number of amides is 1. The standard InChI is InChI=1S/C20H20N4O3/c25-19(15-16-7-9-18(10-8-16)24(26)27)21-11-4-13-23-14-12-22-20(23)17-5-2-1-3-6-17/h1-3,5-10,12,14H,4,11,13,15H2,(H,21,25). The third-order valence-corrected chi connectivity index (χ3v) is 4.16. The van der Waals surface area contributed by atoms with Gasteiger partial charge >= 0.3 is 0 Å². The molecule has 0 atom stereocenters. The summed E-state index contributed by atoms with van der Waals surface area (Å²) in [5.41, 5.74) is 1.83. The predicted molar refractivity (Wildman–Crippen MR) is 102 cm³/mol. The molecule has 0 saturated carbocycles. The molecule has 1 aromatic heterocycles. The molecule has 1 N–H and O–H groups in total. The van der Waals surface area contributed by atoms with Crippen molar-refractivity contribution in [1.82, 2.24) is 14.9 Å². The fourth-order valence-corrected chi connectivity index (χ4v) is 2.80. The number of hydrogen-bond acceptors (Lipinski definition) is 4. The van der Waals surface area contributed by atoms with Crippen LogP contribution in [0.1, 0.15) is 12.0 Å². The van der Waals surface area contributed by atoms with Gasteiger partial charge in [-0.1, -0.05) is 42.5 Å². The summed E-state index contributed by atoms with van der Waals surface area (Å²) in [7, 11) is 0. The third kappa shape index (κ3) is 5.01. The number of carbonyl (C=O) groups is 1. The Kier molecular flexibility index (Phi) is 5.94. The van der Waals surface area contributed by atoms with Crippen LogP contribution in [0.2, 0.25) is 0 Å². The van der Waals surface area contributed by atoms with Crippen LogP contribution in [-0.2, 0) is 17.8 Å². The Morgan fingerprint density at radius 1 is 1.11 bits per heavy atom. The van der Waals surface area contributed by atoms with Crippen LogP contribution in [0.5, 0.6) is 0 Å². The molecule has 0 unspecified atom stereocenters. The molecule has 3 rings (SSSR count). The third-order valence-electron chi connectivity index (χ3n) is 4.16. The predicted octanol–water partition coefficient (Wildman–Crippen LogP) is 3.21. The number of non-ortho nitro benzene ring substituents is 1. The molecule has 0 saturated heterocycles. The van der Waals surface area contributed by atoms with Crippen LogP contribution in [0.4, 0.5) is 5.69 Å². The van der Waals surface area contributed by atoms with E-state index in [1.807, 2.05) is 36.5 Å². The largest absolute Gasteiger partial charge is 0.356 e. The van der Waals surface area contributed by atoms with Gasteiger partial charge in [0, 0.05) is 43.2 Å². The average Bonchev–Trinajstić information content (AvgIpc) is 3.15. The number of hydrogen-bond donors (Lipinski definition) is 1. The summed E-state index contributed by atoms with van der Waals surface area (Å²) in [6.07, 6.45) is 4.69. The topological polar surface area (TPSA) is 90.1 Å². The first-order chi connectivity index (χ1) is 13.1. The minimum atomic E-state index is -0.455. The normalized spacial score (nSPS) is 10.5. The molecular formula is C20H20N4O3. The fourth-order valence-electron chi connectivity index (χ4n) is 2.80. The summed E-state index contributed by atoms with van der Waals surface area (Å²) in [4.78, 5) is 26.6. The van der Waals surface area contributed by atoms with Gasteiger partial charge < -0.3 is 9.88 Å². The molecule has 0 radical (unpaired) electrons. The Hall–Kier alpha value is -3.48. The molecule has 7 heteroatoms. The minimum absolute atomic E-state index is 0.0220. The van der Waals surface area contributed by atoms with E-state index in [1.54, 1.807) is 18.3 Å². The lowest BCUT2D eigenvalue weighted by Gasteiger charge is -2.09. The fraction of sp³-hybridized carbons (Fsp3) is 0.200. The van der Waals surface area contributed by atoms with Gasteiger partial charge in [0.1, 0.15) is 5.82 Å². The zero-order chi connectivity index (χ0) is 19.1. The number of aryl methyl sites for hydroxylation is 1. The summed E-state index contributed by atoms with van der Waals surface area (Å²) in [5, 5.41) is 13.5. The lowest BCUT2D eigenvalue weighted by atomic mass is 10.1. The highest BCUT2D eigenvalue weighted by Gasteiger charge is 2.08. The van der Waals surface area contributed by atoms with Crippen molar-refractivity contribution in [3.63, 3.8) is 0 Å². The maximum atomic E-state index is 12.0. The number of nitrogens with zero attached hydrogens (tertiary/aromatic N) is 3. The van der Waals surface area contributed by atoms with Crippen molar-refractivity contribution < 1.29 is 9.72 Å². The van der Waals surface area contributed by atoms with Crippen molar-refractivity contribution in [3.05, 3.63) is 82.7 Å². The van der Waals surface area contributed by atoms with Crippen LogP contribution < -0.4 is 5.32 Å². The van der Waals surface area contributed by atoms with Crippen molar-refractivity contribution in [2.75, 3.05) is 6.54 Å². The van der Waals surface area contributed by atoms with Crippen LogP contribution in [0.25, 0.3) is 11.4 Å². The first-order valence-corrected chi connectivity index (χ1v) is 8.70. The average molecular weight is 364 g/mol. The summed E-state index contributed by atoms with van der Waals surface area (Å²) in [5.74, 6) is 0.811. The van der Waals surface area contributed by atoms with Gasteiger partial charge in [-0.05, 0) is 12.0 Å². The van der Waals surface area contributed by atoms with Crippen LogP contribution >= 0.6 is 0 Å². The van der Waals surface area contributed by atoms with E-state index in [9.17, 15) is 14.9 Å². The van der Waals surface area contributed by atoms with Gasteiger partial charge in [-0.15, -0.1) is 0 Å². The second kappa shape index (κ2) is 8.75. The molecule has 0 aliphatic heterocycles. The maximum Gasteiger partial charge on any atom is 0.269 e. The molecule has 0 aliphatic rings. The van der Waals surface area contributed by atoms with E-state index in [0.29, 0.717) is 6.54 Å². The molecular weight excluding hydrogens is 344 g/mol. The van der Waals surface area contributed by atoms with Gasteiger partial charge in [0.15, 0.2) is 0 Å². The van der Waals surface area contributed by atoms with Crippen molar-refractivity contribution in [2.24, 2.45) is 0 Å². The summed E-state index contributed by atoms with van der Waals surface area (Å²) in [6.45, 7) is 1.31. The van der Waals surface area contributed by atoms with Crippen molar-refractivity contribution in [3.8, 4) is 11.4 Å². The van der Waals surface area contributed by atoms with E-state index in [-0.39, 0.29) is 18.0 Å². The molecule has 7 nitrogen and oxygen atoms in total. The van der Waals surface area contributed by atoms with Gasteiger partial charge in [0.05, 0.1) is 11.3 Å². The van der Waals surface area contributed by atoms with Gasteiger partial charge in [-0.3, -0.25) is 14.9 Å². The smallest absolute Gasteiger partial charge is 0.269 e. The highest BCUT2D eigenvalue weighted by molar-refractivity contribution is 5.78. The van der Waals surface area contributed by atoms with Gasteiger partial charge in [0.25, 0.3) is 5.69 Å². The number of aromatic nitrogens is 2. The Bertz CT molecular complexity index is 904. The summed E-state index contributed by atoms with van der Waals surface area (Å²) >= 11 is 0. The molecule has 0 spiro atoms. The lowest BCUT2D eigenvalue weighted by Crippen LogP contribution is -2.26. The van der Waals surface area contributed by atoms with Crippen LogP contribution in [-0.4, -0.2) is 26.9 Å². The van der Waals surface area contributed by atoms with Crippen LogP contribution in [0, 0.1) is 10.1 Å². The van der Waals surface area contributed by atoms with Crippen molar-refractivity contribution >= 4 is 11.6 Å². The van der Waals surface area contributed by atoms with Crippen molar-refractivity contribution in [2.45, 2.75) is 19.4 Å². The molecule has 3 aromatic rings. The highest BCUT2D eigenvalue weighted by atomic mass is 16.6. The van der Waals surface area contributed by atoms with Gasteiger partial charge in [-0.25, -0.2) is 4.98 Å². The highest BCUT2D eigenvalue weighted by Crippen LogP contribution is 2.17. The van der Waals surface area contributed by atoms with Gasteiger partial charge in [0.2, 0.25) is 5.91 Å². The Labute approximate surface area is 156 Å². The lowest BCUT2D eigenvalue weighted by molar-refractivity contribution is -0.384. The van der Waals surface area contributed by atoms with E-state index in [1.165, 1.54) is 12.1 Å². The molecule has 138 valence electrons.